The topological polar surface area (TPSA) is 9.23 Å². The zero-order chi connectivity index (χ0) is 4.57. The number of hydrogen-bond acceptors (Lipinski definition) is 1. The molecule has 0 spiro atoms. The first-order valence-corrected chi connectivity index (χ1v) is 2.44. The summed E-state index contributed by atoms with van der Waals surface area (Å²) in [4.78, 5) is 0. The standard InChI is InChI=1S/C5H10O/c1-4-3-5(2)6-4/h4-5H,3H2,1-2H3/t4-,5-/m1/s1. The van der Waals surface area contributed by atoms with E-state index in [9.17, 15) is 0 Å². The van der Waals surface area contributed by atoms with E-state index in [0.29, 0.717) is 12.2 Å². The molecule has 0 amide bonds. The second-order valence-electron chi connectivity index (χ2n) is 1.99. The van der Waals surface area contributed by atoms with Crippen molar-refractivity contribution in [3.8, 4) is 0 Å². The van der Waals surface area contributed by atoms with E-state index in [2.05, 4.69) is 13.8 Å². The molecule has 36 valence electrons. The molecule has 1 aliphatic heterocycles. The molecule has 0 unspecified atom stereocenters. The van der Waals surface area contributed by atoms with Crippen molar-refractivity contribution in [2.45, 2.75) is 32.5 Å². The minimum atomic E-state index is 0.542. The normalized spacial score (nSPS) is 45.0. The van der Waals surface area contributed by atoms with Gasteiger partial charge in [0.15, 0.2) is 0 Å². The fourth-order valence-electron chi connectivity index (χ4n) is 0.853. The Morgan fingerprint density at radius 3 is 1.67 bits per heavy atom. The van der Waals surface area contributed by atoms with E-state index in [4.69, 9.17) is 4.74 Å². The van der Waals surface area contributed by atoms with Gasteiger partial charge in [-0.25, -0.2) is 0 Å². The Labute approximate surface area is 38.3 Å². The van der Waals surface area contributed by atoms with Crippen molar-refractivity contribution < 1.29 is 4.74 Å². The monoisotopic (exact) mass is 86.1 g/mol. The molecule has 0 aromatic heterocycles. The molecule has 1 aliphatic rings. The molecule has 6 heavy (non-hydrogen) atoms. The lowest BCUT2D eigenvalue weighted by Crippen LogP contribution is -2.31. The first-order chi connectivity index (χ1) is 2.79. The van der Waals surface area contributed by atoms with Crippen LogP contribution in [0.5, 0.6) is 0 Å². The van der Waals surface area contributed by atoms with Crippen molar-refractivity contribution in [3.05, 3.63) is 0 Å². The second kappa shape index (κ2) is 1.23. The minimum absolute atomic E-state index is 0.542. The summed E-state index contributed by atoms with van der Waals surface area (Å²) in [6.45, 7) is 4.19. The molecule has 1 rings (SSSR count). The highest BCUT2D eigenvalue weighted by Gasteiger charge is 2.20. The molecular weight excluding hydrogens is 76.1 g/mol. The summed E-state index contributed by atoms with van der Waals surface area (Å²) in [5.74, 6) is 0. The molecular formula is C5H10O. The van der Waals surface area contributed by atoms with E-state index in [1.165, 1.54) is 6.42 Å². The fourth-order valence-corrected chi connectivity index (χ4v) is 0.853. The third-order valence-corrected chi connectivity index (χ3v) is 1.13. The summed E-state index contributed by atoms with van der Waals surface area (Å²) in [5.41, 5.74) is 0. The van der Waals surface area contributed by atoms with Gasteiger partial charge >= 0.3 is 0 Å². The van der Waals surface area contributed by atoms with Crippen LogP contribution in [0.15, 0.2) is 0 Å². The van der Waals surface area contributed by atoms with Gasteiger partial charge in [-0.05, 0) is 20.3 Å². The van der Waals surface area contributed by atoms with Gasteiger partial charge in [0.1, 0.15) is 0 Å². The summed E-state index contributed by atoms with van der Waals surface area (Å²) in [5, 5.41) is 0. The maximum atomic E-state index is 5.14. The van der Waals surface area contributed by atoms with E-state index >= 15 is 0 Å². The van der Waals surface area contributed by atoms with Crippen LogP contribution in [0.1, 0.15) is 20.3 Å². The fraction of sp³-hybridized carbons (Fsp3) is 1.00. The first-order valence-electron chi connectivity index (χ1n) is 2.44. The molecule has 0 aromatic carbocycles. The summed E-state index contributed by atoms with van der Waals surface area (Å²) in [6.07, 6.45) is 2.33. The summed E-state index contributed by atoms with van der Waals surface area (Å²) >= 11 is 0. The van der Waals surface area contributed by atoms with Crippen LogP contribution < -0.4 is 0 Å². The third kappa shape index (κ3) is 0.548. The van der Waals surface area contributed by atoms with E-state index in [-0.39, 0.29) is 0 Å². The van der Waals surface area contributed by atoms with Gasteiger partial charge in [0.2, 0.25) is 0 Å². The summed E-state index contributed by atoms with van der Waals surface area (Å²) in [6, 6.07) is 0. The molecule has 0 saturated carbocycles. The molecule has 1 nitrogen and oxygen atoms in total. The lowest BCUT2D eigenvalue weighted by Gasteiger charge is -2.30. The Bertz CT molecular complexity index is 39.9. The van der Waals surface area contributed by atoms with Gasteiger partial charge in [-0.1, -0.05) is 0 Å². The smallest absolute Gasteiger partial charge is 0.0575 e. The third-order valence-electron chi connectivity index (χ3n) is 1.13. The van der Waals surface area contributed by atoms with Crippen molar-refractivity contribution in [3.63, 3.8) is 0 Å². The van der Waals surface area contributed by atoms with E-state index in [1.807, 2.05) is 0 Å². The predicted octanol–water partition coefficient (Wildman–Crippen LogP) is 1.18. The number of ether oxygens (including phenoxy) is 1. The van der Waals surface area contributed by atoms with Gasteiger partial charge in [-0.3, -0.25) is 0 Å². The molecule has 0 bridgehead atoms. The SMILES string of the molecule is C[C@@H]1C[C@@H](C)O1. The largest absolute Gasteiger partial charge is 0.375 e. The average molecular weight is 86.1 g/mol. The zero-order valence-electron chi connectivity index (χ0n) is 4.27. The van der Waals surface area contributed by atoms with Crippen LogP contribution in [0.2, 0.25) is 0 Å². The van der Waals surface area contributed by atoms with Crippen LogP contribution in [-0.2, 0) is 4.74 Å². The lowest BCUT2D eigenvalue weighted by molar-refractivity contribution is -0.102. The Morgan fingerprint density at radius 2 is 1.67 bits per heavy atom. The molecule has 0 aromatic rings. The highest BCUT2D eigenvalue weighted by atomic mass is 16.5. The Kier molecular flexibility index (Phi) is 0.845. The molecule has 0 N–H and O–H groups in total. The van der Waals surface area contributed by atoms with E-state index in [1.54, 1.807) is 0 Å². The highest BCUT2D eigenvalue weighted by Crippen LogP contribution is 2.17. The van der Waals surface area contributed by atoms with Crippen molar-refractivity contribution >= 4 is 0 Å². The van der Waals surface area contributed by atoms with Gasteiger partial charge in [-0.15, -0.1) is 0 Å². The van der Waals surface area contributed by atoms with Gasteiger partial charge in [0.25, 0.3) is 0 Å². The maximum Gasteiger partial charge on any atom is 0.0575 e. The van der Waals surface area contributed by atoms with Crippen LogP contribution in [0.3, 0.4) is 0 Å². The van der Waals surface area contributed by atoms with Crippen LogP contribution in [0, 0.1) is 0 Å². The Balaban J connectivity index is 2.11. The van der Waals surface area contributed by atoms with Crippen LogP contribution in [-0.4, -0.2) is 12.2 Å². The van der Waals surface area contributed by atoms with Gasteiger partial charge in [0, 0.05) is 0 Å². The van der Waals surface area contributed by atoms with E-state index in [0.717, 1.165) is 0 Å². The number of rotatable bonds is 0. The molecule has 1 fully saturated rings. The molecule has 1 saturated heterocycles. The molecule has 0 radical (unpaired) electrons. The van der Waals surface area contributed by atoms with Crippen LogP contribution in [0.4, 0.5) is 0 Å². The Hall–Kier alpha value is -0.0400. The van der Waals surface area contributed by atoms with Crippen molar-refractivity contribution in [2.75, 3.05) is 0 Å². The lowest BCUT2D eigenvalue weighted by atomic mass is 10.1. The first kappa shape index (κ1) is 4.13. The minimum Gasteiger partial charge on any atom is -0.375 e. The molecule has 0 aliphatic carbocycles. The summed E-state index contributed by atoms with van der Waals surface area (Å²) < 4.78 is 5.14. The van der Waals surface area contributed by atoms with Crippen molar-refractivity contribution in [2.24, 2.45) is 0 Å². The van der Waals surface area contributed by atoms with E-state index < -0.39 is 0 Å². The molecule has 1 heterocycles. The molecule has 2 atom stereocenters. The average Bonchev–Trinajstić information content (AvgIpc) is 1.33. The van der Waals surface area contributed by atoms with Gasteiger partial charge < -0.3 is 4.74 Å². The maximum absolute atomic E-state index is 5.14. The van der Waals surface area contributed by atoms with Crippen LogP contribution >= 0.6 is 0 Å². The van der Waals surface area contributed by atoms with Gasteiger partial charge in [-0.2, -0.15) is 0 Å². The van der Waals surface area contributed by atoms with Crippen molar-refractivity contribution in [1.82, 2.24) is 0 Å². The second-order valence-corrected chi connectivity index (χ2v) is 1.99. The van der Waals surface area contributed by atoms with Crippen LogP contribution in [0.25, 0.3) is 0 Å². The predicted molar refractivity (Wildman–Crippen MR) is 24.6 cm³/mol. The van der Waals surface area contributed by atoms with Crippen molar-refractivity contribution in [1.29, 1.82) is 0 Å². The zero-order valence-corrected chi connectivity index (χ0v) is 4.27. The number of hydrogen-bond donors (Lipinski definition) is 0. The summed E-state index contributed by atoms with van der Waals surface area (Å²) in [7, 11) is 0. The quantitative estimate of drug-likeness (QED) is 0.430. The van der Waals surface area contributed by atoms with Gasteiger partial charge in [0.05, 0.1) is 12.2 Å². The molecule has 1 heteroatoms. The Morgan fingerprint density at radius 1 is 1.33 bits per heavy atom. The highest BCUT2D eigenvalue weighted by molar-refractivity contribution is 4.67.